The summed E-state index contributed by atoms with van der Waals surface area (Å²) in [5, 5.41) is 2.79. The van der Waals surface area contributed by atoms with E-state index in [0.717, 1.165) is 19.6 Å². The van der Waals surface area contributed by atoms with Crippen LogP contribution in [0.25, 0.3) is 0 Å². The minimum Gasteiger partial charge on any atom is -0.347 e. The molecule has 0 rings (SSSR count). The Morgan fingerprint density at radius 1 is 1.25 bits per heavy atom. The molecule has 20 heavy (non-hydrogen) atoms. The van der Waals surface area contributed by atoms with Crippen LogP contribution in [0.3, 0.4) is 0 Å². The molecule has 0 unspecified atom stereocenters. The van der Waals surface area contributed by atoms with Crippen LogP contribution < -0.4 is 5.32 Å². The van der Waals surface area contributed by atoms with Crippen LogP contribution in [0.5, 0.6) is 0 Å². The molecule has 6 nitrogen and oxygen atoms in total. The number of hydrogen-bond donors (Lipinski definition) is 2. The average Bonchev–Trinajstić information content (AvgIpc) is 2.35. The molecule has 0 fully saturated rings. The summed E-state index contributed by atoms with van der Waals surface area (Å²) >= 11 is 0. The summed E-state index contributed by atoms with van der Waals surface area (Å²) in [5.74, 6) is -0.376. The Balaban J connectivity index is 4.38. The molecule has 2 N–H and O–H groups in total. The molecule has 0 heterocycles. The van der Waals surface area contributed by atoms with E-state index in [-0.39, 0.29) is 11.7 Å². The lowest BCUT2D eigenvalue weighted by molar-refractivity contribution is -0.923. The van der Waals surface area contributed by atoms with Gasteiger partial charge in [-0.1, -0.05) is 6.58 Å². The van der Waals surface area contributed by atoms with E-state index in [1.165, 1.54) is 0 Å². The van der Waals surface area contributed by atoms with Gasteiger partial charge < -0.3 is 9.80 Å². The lowest BCUT2D eigenvalue weighted by Gasteiger charge is -2.37. The number of carbonyl (C=O) groups is 1. The van der Waals surface area contributed by atoms with Crippen molar-refractivity contribution in [2.45, 2.75) is 27.2 Å². The first-order valence-corrected chi connectivity index (χ1v) is 8.50. The van der Waals surface area contributed by atoms with Crippen molar-refractivity contribution >= 4 is 16.0 Å². The second kappa shape index (κ2) is 8.39. The van der Waals surface area contributed by atoms with Crippen molar-refractivity contribution in [1.82, 2.24) is 5.32 Å². The SMILES string of the molecule is C=C(C)C(=O)NCC[N+](CC)(CC)CCCS(=O)(=O)O. The minimum absolute atomic E-state index is 0.159. The second-order valence-corrected chi connectivity index (χ2v) is 6.67. The average molecular weight is 307 g/mol. The van der Waals surface area contributed by atoms with Crippen LogP contribution in [-0.2, 0) is 14.9 Å². The highest BCUT2D eigenvalue weighted by molar-refractivity contribution is 7.85. The molecule has 7 heteroatoms. The van der Waals surface area contributed by atoms with Crippen molar-refractivity contribution in [3.8, 4) is 0 Å². The van der Waals surface area contributed by atoms with Gasteiger partial charge in [0.2, 0.25) is 5.91 Å². The molecule has 0 atom stereocenters. The predicted molar refractivity (Wildman–Crippen MR) is 79.9 cm³/mol. The van der Waals surface area contributed by atoms with Crippen LogP contribution >= 0.6 is 0 Å². The molecule has 0 bridgehead atoms. The van der Waals surface area contributed by atoms with E-state index < -0.39 is 10.1 Å². The largest absolute Gasteiger partial charge is 0.347 e. The molecule has 0 aliphatic carbocycles. The quantitative estimate of drug-likeness (QED) is 0.355. The Hall–Kier alpha value is -0.920. The third kappa shape index (κ3) is 7.62. The number of amides is 1. The van der Waals surface area contributed by atoms with Crippen molar-refractivity contribution in [3.05, 3.63) is 12.2 Å². The Labute approximate surface area is 122 Å². The molecule has 0 aromatic carbocycles. The molecule has 0 aliphatic rings. The topological polar surface area (TPSA) is 83.5 Å². The molecule has 118 valence electrons. The monoisotopic (exact) mass is 307 g/mol. The number of likely N-dealkylation sites (N-methyl/N-ethyl adjacent to an activating group) is 1. The van der Waals surface area contributed by atoms with Gasteiger partial charge in [0, 0.05) is 12.0 Å². The first kappa shape index (κ1) is 19.1. The van der Waals surface area contributed by atoms with Crippen molar-refractivity contribution in [3.63, 3.8) is 0 Å². The molecule has 0 saturated carbocycles. The number of hydrogen-bond acceptors (Lipinski definition) is 3. The molecule has 1 amide bonds. The van der Waals surface area contributed by atoms with Gasteiger partial charge in [0.15, 0.2) is 0 Å². The third-order valence-corrected chi connectivity index (χ3v) is 4.44. The molecule has 0 radical (unpaired) electrons. The fourth-order valence-corrected chi connectivity index (χ4v) is 2.60. The highest BCUT2D eigenvalue weighted by Crippen LogP contribution is 2.08. The van der Waals surface area contributed by atoms with Crippen molar-refractivity contribution < 1.29 is 22.2 Å². The predicted octanol–water partition coefficient (Wildman–Crippen LogP) is 0.813. The molecular formula is C13H27N2O4S+. The third-order valence-electron chi connectivity index (χ3n) is 3.64. The molecule has 0 aliphatic heterocycles. The fourth-order valence-electron chi connectivity index (χ4n) is 2.11. The van der Waals surface area contributed by atoms with Gasteiger partial charge in [0.1, 0.15) is 0 Å². The maximum atomic E-state index is 11.4. The summed E-state index contributed by atoms with van der Waals surface area (Å²) in [6.07, 6.45) is 0.412. The van der Waals surface area contributed by atoms with Gasteiger partial charge >= 0.3 is 0 Å². The van der Waals surface area contributed by atoms with Gasteiger partial charge in [-0.3, -0.25) is 9.35 Å². The van der Waals surface area contributed by atoms with Gasteiger partial charge in [-0.2, -0.15) is 8.42 Å². The van der Waals surface area contributed by atoms with E-state index in [4.69, 9.17) is 4.55 Å². The van der Waals surface area contributed by atoms with E-state index in [2.05, 4.69) is 11.9 Å². The maximum Gasteiger partial charge on any atom is 0.265 e. The van der Waals surface area contributed by atoms with E-state index in [9.17, 15) is 13.2 Å². The van der Waals surface area contributed by atoms with Crippen LogP contribution in [0.2, 0.25) is 0 Å². The number of nitrogens with one attached hydrogen (secondary N) is 1. The zero-order valence-corrected chi connectivity index (χ0v) is 13.5. The molecule has 0 aromatic rings. The standard InChI is InChI=1S/C13H26N2O4S/c1-5-15(6-2,9-7-11-20(17,18)19)10-8-14-13(16)12(3)4/h3,5-11H2,1-2,4H3,(H-,14,16,17,18,19)/p+1. The maximum absolute atomic E-state index is 11.4. The second-order valence-electron chi connectivity index (χ2n) is 5.10. The Morgan fingerprint density at radius 3 is 2.20 bits per heavy atom. The van der Waals surface area contributed by atoms with Gasteiger partial charge in [-0.25, -0.2) is 0 Å². The lowest BCUT2D eigenvalue weighted by atomic mass is 10.2. The van der Waals surface area contributed by atoms with Gasteiger partial charge in [0.25, 0.3) is 10.1 Å². The van der Waals surface area contributed by atoms with Crippen LogP contribution in [0.15, 0.2) is 12.2 Å². The van der Waals surface area contributed by atoms with Crippen LogP contribution in [0.1, 0.15) is 27.2 Å². The number of carbonyl (C=O) groups excluding carboxylic acids is 1. The minimum atomic E-state index is -3.90. The molecule has 0 saturated heterocycles. The van der Waals surface area contributed by atoms with E-state index in [0.29, 0.717) is 29.6 Å². The van der Waals surface area contributed by atoms with Gasteiger partial charge in [-0.15, -0.1) is 0 Å². The lowest BCUT2D eigenvalue weighted by Crippen LogP contribution is -2.52. The van der Waals surface area contributed by atoms with Crippen molar-refractivity contribution in [1.29, 1.82) is 0 Å². The number of quaternary nitrogens is 1. The van der Waals surface area contributed by atoms with Crippen LogP contribution in [0.4, 0.5) is 0 Å². The summed E-state index contributed by atoms with van der Waals surface area (Å²) in [5.41, 5.74) is 0.475. The van der Waals surface area contributed by atoms with Gasteiger partial charge in [-0.05, 0) is 20.8 Å². The normalized spacial score (nSPS) is 12.2. The number of rotatable bonds is 10. The van der Waals surface area contributed by atoms with Crippen molar-refractivity contribution in [2.75, 3.05) is 38.5 Å². The van der Waals surface area contributed by atoms with Gasteiger partial charge in [0.05, 0.1) is 38.5 Å². The van der Waals surface area contributed by atoms with E-state index >= 15 is 0 Å². The Morgan fingerprint density at radius 2 is 1.80 bits per heavy atom. The number of nitrogens with zero attached hydrogens (tertiary/aromatic N) is 1. The van der Waals surface area contributed by atoms with E-state index in [1.54, 1.807) is 6.92 Å². The Bertz CT molecular complexity index is 428. The summed E-state index contributed by atoms with van der Waals surface area (Å²) in [4.78, 5) is 11.4. The smallest absolute Gasteiger partial charge is 0.265 e. The summed E-state index contributed by atoms with van der Waals surface area (Å²) in [6, 6.07) is 0. The van der Waals surface area contributed by atoms with Crippen molar-refractivity contribution in [2.24, 2.45) is 0 Å². The van der Waals surface area contributed by atoms with E-state index in [1.807, 2.05) is 13.8 Å². The zero-order chi connectivity index (χ0) is 15.8. The Kier molecular flexibility index (Phi) is 8.00. The molecular weight excluding hydrogens is 280 g/mol. The van der Waals surface area contributed by atoms with Crippen LogP contribution in [-0.4, -0.2) is 61.8 Å². The zero-order valence-electron chi connectivity index (χ0n) is 12.7. The molecule has 0 spiro atoms. The first-order valence-electron chi connectivity index (χ1n) is 6.89. The summed E-state index contributed by atoms with van der Waals surface area (Å²) in [6.45, 7) is 12.9. The molecule has 0 aromatic heterocycles. The first-order chi connectivity index (χ1) is 9.16. The highest BCUT2D eigenvalue weighted by atomic mass is 32.2. The fraction of sp³-hybridized carbons (Fsp3) is 0.769. The summed E-state index contributed by atoms with van der Waals surface area (Å²) < 4.78 is 31.0. The van der Waals surface area contributed by atoms with Crippen LogP contribution in [0, 0.1) is 0 Å². The highest BCUT2D eigenvalue weighted by Gasteiger charge is 2.23. The summed E-state index contributed by atoms with van der Waals surface area (Å²) in [7, 11) is -3.90.